The topological polar surface area (TPSA) is 9.23 Å². The molecule has 2 unspecified atom stereocenters. The van der Waals surface area contributed by atoms with Gasteiger partial charge in [0, 0.05) is 5.02 Å². The zero-order valence-corrected chi connectivity index (χ0v) is 9.98. The van der Waals surface area contributed by atoms with E-state index in [0.717, 1.165) is 18.9 Å². The highest BCUT2D eigenvalue weighted by molar-refractivity contribution is 6.30. The van der Waals surface area contributed by atoms with Crippen molar-refractivity contribution in [2.24, 2.45) is 5.92 Å². The second kappa shape index (κ2) is 4.41. The third-order valence-corrected chi connectivity index (χ3v) is 3.30. The highest BCUT2D eigenvalue weighted by Gasteiger charge is 2.37. The first-order valence-electron chi connectivity index (χ1n) is 5.41. The normalized spacial score (nSPS) is 24.3. The molecule has 0 saturated heterocycles. The van der Waals surface area contributed by atoms with Crippen LogP contribution in [0.2, 0.25) is 5.02 Å². The van der Waals surface area contributed by atoms with Crippen molar-refractivity contribution in [1.82, 2.24) is 0 Å². The Labute approximate surface area is 103 Å². The Balaban J connectivity index is 2.26. The molecule has 1 aliphatic rings. The van der Waals surface area contributed by atoms with Gasteiger partial charge >= 0.3 is 6.18 Å². The Morgan fingerprint density at radius 3 is 2.47 bits per heavy atom. The Morgan fingerprint density at radius 1 is 1.29 bits per heavy atom. The predicted octanol–water partition coefficient (Wildman–Crippen LogP) is 4.54. The van der Waals surface area contributed by atoms with Crippen molar-refractivity contribution in [2.45, 2.75) is 32.0 Å². The van der Waals surface area contributed by atoms with Crippen molar-refractivity contribution in [3.05, 3.63) is 28.8 Å². The van der Waals surface area contributed by atoms with E-state index in [1.54, 1.807) is 0 Å². The van der Waals surface area contributed by atoms with Crippen molar-refractivity contribution in [3.63, 3.8) is 0 Å². The summed E-state index contributed by atoms with van der Waals surface area (Å²) >= 11 is 5.58. The lowest BCUT2D eigenvalue weighted by Crippen LogP contribution is -2.35. The van der Waals surface area contributed by atoms with E-state index in [-0.39, 0.29) is 16.9 Å². The van der Waals surface area contributed by atoms with Crippen LogP contribution >= 0.6 is 11.6 Å². The van der Waals surface area contributed by atoms with Gasteiger partial charge in [-0.05, 0) is 37.0 Å². The Morgan fingerprint density at radius 2 is 2.00 bits per heavy atom. The van der Waals surface area contributed by atoms with Crippen LogP contribution in [0.1, 0.15) is 25.3 Å². The van der Waals surface area contributed by atoms with E-state index in [1.807, 2.05) is 6.92 Å². The van der Waals surface area contributed by atoms with Gasteiger partial charge in [-0.3, -0.25) is 0 Å². The summed E-state index contributed by atoms with van der Waals surface area (Å²) in [5.41, 5.74) is -0.802. The number of hydrogen-bond acceptors (Lipinski definition) is 1. The maximum atomic E-state index is 12.8. The summed E-state index contributed by atoms with van der Waals surface area (Å²) in [6, 6.07) is 3.60. The van der Waals surface area contributed by atoms with Crippen LogP contribution in [0.4, 0.5) is 13.2 Å². The molecule has 1 saturated carbocycles. The minimum Gasteiger partial charge on any atom is -0.490 e. The zero-order chi connectivity index (χ0) is 12.6. The molecule has 0 N–H and O–H groups in total. The van der Waals surface area contributed by atoms with E-state index < -0.39 is 11.7 Å². The van der Waals surface area contributed by atoms with E-state index in [0.29, 0.717) is 5.92 Å². The molecule has 0 amide bonds. The molecular formula is C12H12ClF3O. The van der Waals surface area contributed by atoms with E-state index in [9.17, 15) is 13.2 Å². The van der Waals surface area contributed by atoms with Crippen molar-refractivity contribution < 1.29 is 17.9 Å². The quantitative estimate of drug-likeness (QED) is 0.762. The number of halogens is 4. The first-order valence-corrected chi connectivity index (χ1v) is 5.79. The van der Waals surface area contributed by atoms with Crippen LogP contribution in [-0.4, -0.2) is 6.10 Å². The van der Waals surface area contributed by atoms with Crippen LogP contribution in [-0.2, 0) is 6.18 Å². The lowest BCUT2D eigenvalue weighted by atomic mass is 9.83. The van der Waals surface area contributed by atoms with Gasteiger partial charge in [-0.15, -0.1) is 0 Å². The highest BCUT2D eigenvalue weighted by atomic mass is 35.5. The number of alkyl halides is 3. The third-order valence-electron chi connectivity index (χ3n) is 3.07. The summed E-state index contributed by atoms with van der Waals surface area (Å²) in [7, 11) is 0. The molecule has 0 radical (unpaired) electrons. The van der Waals surface area contributed by atoms with E-state index in [1.165, 1.54) is 12.1 Å². The summed E-state index contributed by atoms with van der Waals surface area (Å²) in [6.45, 7) is 1.97. The fourth-order valence-corrected chi connectivity index (χ4v) is 1.97. The third kappa shape index (κ3) is 2.68. The van der Waals surface area contributed by atoms with Gasteiger partial charge < -0.3 is 4.74 Å². The van der Waals surface area contributed by atoms with Gasteiger partial charge in [0.2, 0.25) is 0 Å². The molecule has 0 heterocycles. The standard InChI is InChI=1S/C12H12ClF3O/c1-7-2-4-10(7)17-11-5-3-8(13)6-9(11)12(14,15)16/h3,5-7,10H,2,4H2,1H3. The molecule has 0 spiro atoms. The number of rotatable bonds is 2. The van der Waals surface area contributed by atoms with Gasteiger partial charge in [-0.2, -0.15) is 13.2 Å². The maximum Gasteiger partial charge on any atom is 0.420 e. The van der Waals surface area contributed by atoms with Gasteiger partial charge in [-0.1, -0.05) is 18.5 Å². The van der Waals surface area contributed by atoms with Crippen LogP contribution in [0, 0.1) is 5.92 Å². The average molecular weight is 265 g/mol. The Bertz CT molecular complexity index is 417. The molecule has 0 aromatic heterocycles. The molecule has 1 aromatic carbocycles. The molecule has 2 atom stereocenters. The van der Waals surface area contributed by atoms with E-state index in [4.69, 9.17) is 16.3 Å². The monoisotopic (exact) mass is 264 g/mol. The van der Waals surface area contributed by atoms with Crippen molar-refractivity contribution in [3.8, 4) is 5.75 Å². The van der Waals surface area contributed by atoms with Crippen molar-refractivity contribution in [2.75, 3.05) is 0 Å². The summed E-state index contributed by atoms with van der Waals surface area (Å²) in [5, 5.41) is 0.0614. The number of benzene rings is 1. The molecule has 17 heavy (non-hydrogen) atoms. The zero-order valence-electron chi connectivity index (χ0n) is 9.22. The first kappa shape index (κ1) is 12.6. The van der Waals surface area contributed by atoms with Gasteiger partial charge in [0.05, 0.1) is 5.56 Å². The molecule has 1 nitrogen and oxygen atoms in total. The smallest absolute Gasteiger partial charge is 0.420 e. The first-order chi connectivity index (χ1) is 7.88. The SMILES string of the molecule is CC1CCC1Oc1ccc(Cl)cc1C(F)(F)F. The summed E-state index contributed by atoms with van der Waals surface area (Å²) < 4.78 is 43.7. The van der Waals surface area contributed by atoms with Crippen LogP contribution in [0.25, 0.3) is 0 Å². The minimum atomic E-state index is -4.44. The van der Waals surface area contributed by atoms with Gasteiger partial charge in [0.1, 0.15) is 11.9 Å². The number of hydrogen-bond donors (Lipinski definition) is 0. The van der Waals surface area contributed by atoms with Crippen LogP contribution in [0.15, 0.2) is 18.2 Å². The molecule has 1 fully saturated rings. The molecule has 5 heteroatoms. The average Bonchev–Trinajstić information content (AvgIpc) is 2.24. The predicted molar refractivity (Wildman–Crippen MR) is 59.3 cm³/mol. The fourth-order valence-electron chi connectivity index (χ4n) is 1.80. The molecule has 0 aliphatic heterocycles. The lowest BCUT2D eigenvalue weighted by molar-refractivity contribution is -0.139. The van der Waals surface area contributed by atoms with Crippen molar-refractivity contribution >= 4 is 11.6 Å². The second-order valence-electron chi connectivity index (χ2n) is 4.35. The van der Waals surface area contributed by atoms with Crippen LogP contribution in [0.5, 0.6) is 5.75 Å². The fraction of sp³-hybridized carbons (Fsp3) is 0.500. The largest absolute Gasteiger partial charge is 0.490 e. The summed E-state index contributed by atoms with van der Waals surface area (Å²) in [4.78, 5) is 0. The van der Waals surface area contributed by atoms with Crippen LogP contribution < -0.4 is 4.74 Å². The van der Waals surface area contributed by atoms with Crippen LogP contribution in [0.3, 0.4) is 0 Å². The molecule has 1 aliphatic carbocycles. The van der Waals surface area contributed by atoms with Gasteiger partial charge in [0.15, 0.2) is 0 Å². The Kier molecular flexibility index (Phi) is 3.25. The molecule has 94 valence electrons. The molecular weight excluding hydrogens is 253 g/mol. The summed E-state index contributed by atoms with van der Waals surface area (Å²) in [6.07, 6.45) is -2.74. The molecule has 2 rings (SSSR count). The van der Waals surface area contributed by atoms with Gasteiger partial charge in [0.25, 0.3) is 0 Å². The van der Waals surface area contributed by atoms with Gasteiger partial charge in [-0.25, -0.2) is 0 Å². The van der Waals surface area contributed by atoms with Crippen molar-refractivity contribution in [1.29, 1.82) is 0 Å². The maximum absolute atomic E-state index is 12.8. The second-order valence-corrected chi connectivity index (χ2v) is 4.79. The lowest BCUT2D eigenvalue weighted by Gasteiger charge is -2.34. The number of ether oxygens (including phenoxy) is 1. The highest BCUT2D eigenvalue weighted by Crippen LogP contribution is 2.40. The molecule has 0 bridgehead atoms. The summed E-state index contributed by atoms with van der Waals surface area (Å²) in [5.74, 6) is 0.185. The molecule has 1 aromatic rings. The minimum absolute atomic E-state index is 0.0614. The van der Waals surface area contributed by atoms with E-state index in [2.05, 4.69) is 0 Å². The van der Waals surface area contributed by atoms with E-state index >= 15 is 0 Å². The Hall–Kier alpha value is -0.900.